The van der Waals surface area contributed by atoms with Crippen molar-refractivity contribution < 1.29 is 17.8 Å². The van der Waals surface area contributed by atoms with Crippen LogP contribution in [0.25, 0.3) is 11.0 Å². The van der Waals surface area contributed by atoms with Crippen molar-refractivity contribution in [2.45, 2.75) is 37.6 Å². The number of sulfonamides is 1. The van der Waals surface area contributed by atoms with Crippen molar-refractivity contribution in [3.8, 4) is 0 Å². The van der Waals surface area contributed by atoms with E-state index in [2.05, 4.69) is 20.3 Å². The molecule has 1 saturated heterocycles. The second-order valence-corrected chi connectivity index (χ2v) is 8.16. The molecule has 130 valence electrons. The van der Waals surface area contributed by atoms with E-state index in [1.54, 1.807) is 12.1 Å². The van der Waals surface area contributed by atoms with Gasteiger partial charge in [0.05, 0.1) is 5.92 Å². The standard InChI is InChI=1S/C15H20N4O4S/c1-10(2)16-15(20)11-5-4-8-19(9-11)24(21,22)13-7-3-6-12-14(13)18-23-17-12/h3,6-7,10-11H,4-5,8-9H2,1-2H3,(H,16,20)/t11-/m0/s1. The first-order valence-electron chi connectivity index (χ1n) is 7.91. The fraction of sp³-hybridized carbons (Fsp3) is 0.533. The van der Waals surface area contributed by atoms with Crippen LogP contribution in [0.3, 0.4) is 0 Å². The van der Waals surface area contributed by atoms with Crippen LogP contribution in [-0.2, 0) is 14.8 Å². The van der Waals surface area contributed by atoms with Gasteiger partial charge in [-0.3, -0.25) is 4.79 Å². The van der Waals surface area contributed by atoms with E-state index < -0.39 is 10.0 Å². The summed E-state index contributed by atoms with van der Waals surface area (Å²) in [5.74, 6) is -0.447. The van der Waals surface area contributed by atoms with Crippen molar-refractivity contribution in [3.05, 3.63) is 18.2 Å². The van der Waals surface area contributed by atoms with E-state index in [0.29, 0.717) is 24.9 Å². The number of carbonyl (C=O) groups excluding carboxylic acids is 1. The average molecular weight is 352 g/mol. The number of fused-ring (bicyclic) bond motifs is 1. The minimum absolute atomic E-state index is 0.0273. The molecular weight excluding hydrogens is 332 g/mol. The Bertz CT molecular complexity index is 846. The maximum absolute atomic E-state index is 13.0. The van der Waals surface area contributed by atoms with Gasteiger partial charge in [0.15, 0.2) is 5.52 Å². The Kier molecular flexibility index (Phi) is 4.55. The number of hydrogen-bond donors (Lipinski definition) is 1. The number of aromatic nitrogens is 2. The van der Waals surface area contributed by atoms with Crippen molar-refractivity contribution in [2.75, 3.05) is 13.1 Å². The number of piperidine rings is 1. The Hall–Kier alpha value is -2.00. The van der Waals surface area contributed by atoms with Crippen LogP contribution < -0.4 is 5.32 Å². The number of benzene rings is 1. The first kappa shape index (κ1) is 16.8. The third-order valence-electron chi connectivity index (χ3n) is 4.05. The monoisotopic (exact) mass is 352 g/mol. The van der Waals surface area contributed by atoms with Gasteiger partial charge in [0.1, 0.15) is 10.4 Å². The summed E-state index contributed by atoms with van der Waals surface area (Å²) in [4.78, 5) is 12.3. The van der Waals surface area contributed by atoms with Crippen molar-refractivity contribution in [3.63, 3.8) is 0 Å². The molecule has 1 N–H and O–H groups in total. The normalized spacial score (nSPS) is 19.7. The quantitative estimate of drug-likeness (QED) is 0.885. The zero-order valence-corrected chi connectivity index (χ0v) is 14.4. The molecule has 0 spiro atoms. The fourth-order valence-corrected chi connectivity index (χ4v) is 4.57. The lowest BCUT2D eigenvalue weighted by atomic mass is 9.98. The molecule has 2 heterocycles. The van der Waals surface area contributed by atoms with Crippen LogP contribution in [0.1, 0.15) is 26.7 Å². The van der Waals surface area contributed by atoms with Gasteiger partial charge in [-0.1, -0.05) is 6.07 Å². The van der Waals surface area contributed by atoms with E-state index in [9.17, 15) is 13.2 Å². The number of amides is 1. The molecule has 1 aromatic heterocycles. The lowest BCUT2D eigenvalue weighted by Crippen LogP contribution is -2.46. The Balaban J connectivity index is 1.87. The third kappa shape index (κ3) is 3.13. The molecule has 24 heavy (non-hydrogen) atoms. The van der Waals surface area contributed by atoms with Gasteiger partial charge in [-0.2, -0.15) is 4.31 Å². The summed E-state index contributed by atoms with van der Waals surface area (Å²) in [7, 11) is -3.76. The van der Waals surface area contributed by atoms with Crippen LogP contribution in [0, 0.1) is 5.92 Å². The predicted octanol–water partition coefficient (Wildman–Crippen LogP) is 1.15. The molecule has 1 amide bonds. The second-order valence-electron chi connectivity index (χ2n) is 6.25. The van der Waals surface area contributed by atoms with Gasteiger partial charge in [-0.25, -0.2) is 13.0 Å². The van der Waals surface area contributed by atoms with Gasteiger partial charge in [0.2, 0.25) is 15.9 Å². The molecule has 1 fully saturated rings. The summed E-state index contributed by atoms with van der Waals surface area (Å²) in [6.45, 7) is 4.32. The highest BCUT2D eigenvalue weighted by Gasteiger charge is 2.34. The molecule has 0 aliphatic carbocycles. The molecule has 1 aliphatic rings. The van der Waals surface area contributed by atoms with Gasteiger partial charge in [0.25, 0.3) is 0 Å². The predicted molar refractivity (Wildman–Crippen MR) is 86.6 cm³/mol. The van der Waals surface area contributed by atoms with Gasteiger partial charge in [-0.15, -0.1) is 0 Å². The van der Waals surface area contributed by atoms with E-state index in [-0.39, 0.29) is 34.8 Å². The summed E-state index contributed by atoms with van der Waals surface area (Å²) in [6, 6.07) is 4.76. The fourth-order valence-electron chi connectivity index (χ4n) is 2.91. The average Bonchev–Trinajstić information content (AvgIpc) is 3.02. The Labute approximate surface area is 140 Å². The van der Waals surface area contributed by atoms with Crippen molar-refractivity contribution in [2.24, 2.45) is 5.92 Å². The summed E-state index contributed by atoms with van der Waals surface area (Å²) in [5.41, 5.74) is 0.605. The molecule has 0 bridgehead atoms. The van der Waals surface area contributed by atoms with Gasteiger partial charge in [-0.05, 0) is 49.1 Å². The maximum Gasteiger partial charge on any atom is 0.245 e. The molecule has 8 nitrogen and oxygen atoms in total. The number of nitrogens with one attached hydrogen (secondary N) is 1. The van der Waals surface area contributed by atoms with E-state index >= 15 is 0 Å². The van der Waals surface area contributed by atoms with E-state index in [4.69, 9.17) is 0 Å². The molecule has 1 atom stereocenters. The van der Waals surface area contributed by atoms with Crippen LogP contribution >= 0.6 is 0 Å². The lowest BCUT2D eigenvalue weighted by Gasteiger charge is -2.31. The summed E-state index contributed by atoms with van der Waals surface area (Å²) >= 11 is 0. The topological polar surface area (TPSA) is 105 Å². The van der Waals surface area contributed by atoms with Crippen molar-refractivity contribution in [1.82, 2.24) is 19.9 Å². The molecule has 0 radical (unpaired) electrons. The number of hydrogen-bond acceptors (Lipinski definition) is 6. The first-order chi connectivity index (χ1) is 11.4. The Morgan fingerprint density at radius 2 is 2.17 bits per heavy atom. The maximum atomic E-state index is 13.0. The summed E-state index contributed by atoms with van der Waals surface area (Å²) in [5, 5.41) is 10.2. The minimum atomic E-state index is -3.76. The first-order valence-corrected chi connectivity index (χ1v) is 9.35. The zero-order valence-electron chi connectivity index (χ0n) is 13.6. The second kappa shape index (κ2) is 6.48. The van der Waals surface area contributed by atoms with Crippen molar-refractivity contribution in [1.29, 1.82) is 0 Å². The third-order valence-corrected chi connectivity index (χ3v) is 5.95. The molecule has 3 rings (SSSR count). The van der Waals surface area contributed by atoms with E-state index in [1.807, 2.05) is 13.8 Å². The summed E-state index contributed by atoms with van der Waals surface area (Å²) in [6.07, 6.45) is 1.32. The number of carbonyl (C=O) groups is 1. The molecule has 0 saturated carbocycles. The molecule has 1 aromatic carbocycles. The highest BCUT2D eigenvalue weighted by Crippen LogP contribution is 2.27. The summed E-state index contributed by atoms with van der Waals surface area (Å²) < 4.78 is 31.9. The van der Waals surface area contributed by atoms with Gasteiger partial charge in [0, 0.05) is 19.1 Å². The highest BCUT2D eigenvalue weighted by atomic mass is 32.2. The zero-order chi connectivity index (χ0) is 17.3. The van der Waals surface area contributed by atoms with Crippen LogP contribution in [0.4, 0.5) is 0 Å². The van der Waals surface area contributed by atoms with E-state index in [1.165, 1.54) is 10.4 Å². The molecule has 9 heteroatoms. The Morgan fingerprint density at radius 3 is 2.92 bits per heavy atom. The van der Waals surface area contributed by atoms with Crippen LogP contribution in [-0.4, -0.2) is 48.1 Å². The number of nitrogens with zero attached hydrogens (tertiary/aromatic N) is 3. The number of rotatable bonds is 4. The smallest absolute Gasteiger partial charge is 0.245 e. The molecule has 1 aliphatic heterocycles. The van der Waals surface area contributed by atoms with Gasteiger partial charge >= 0.3 is 0 Å². The Morgan fingerprint density at radius 1 is 1.38 bits per heavy atom. The van der Waals surface area contributed by atoms with Gasteiger partial charge < -0.3 is 5.32 Å². The molecular formula is C15H20N4O4S. The SMILES string of the molecule is CC(C)NC(=O)[C@H]1CCCN(S(=O)(=O)c2cccc3nonc23)C1. The highest BCUT2D eigenvalue weighted by molar-refractivity contribution is 7.89. The largest absolute Gasteiger partial charge is 0.354 e. The van der Waals surface area contributed by atoms with Crippen molar-refractivity contribution >= 4 is 27.0 Å². The van der Waals surface area contributed by atoms with Crippen LogP contribution in [0.5, 0.6) is 0 Å². The molecule has 2 aromatic rings. The lowest BCUT2D eigenvalue weighted by molar-refractivity contribution is -0.126. The van der Waals surface area contributed by atoms with Crippen LogP contribution in [0.2, 0.25) is 0 Å². The molecule has 0 unspecified atom stereocenters. The van der Waals surface area contributed by atoms with Crippen LogP contribution in [0.15, 0.2) is 27.7 Å². The minimum Gasteiger partial charge on any atom is -0.354 e. The van der Waals surface area contributed by atoms with E-state index in [0.717, 1.165) is 0 Å².